The zero-order valence-electron chi connectivity index (χ0n) is 17.4. The molecule has 0 radical (unpaired) electrons. The highest BCUT2D eigenvalue weighted by molar-refractivity contribution is 7.89. The van der Waals surface area contributed by atoms with E-state index in [0.717, 1.165) is 17.5 Å². The topological polar surface area (TPSA) is 116 Å². The van der Waals surface area contributed by atoms with Crippen molar-refractivity contribution in [3.63, 3.8) is 0 Å². The van der Waals surface area contributed by atoms with Crippen LogP contribution in [0.25, 0.3) is 10.8 Å². The van der Waals surface area contributed by atoms with Gasteiger partial charge in [-0.2, -0.15) is 9.40 Å². The molecule has 0 amide bonds. The van der Waals surface area contributed by atoms with Crippen molar-refractivity contribution in [1.82, 2.24) is 14.1 Å². The Morgan fingerprint density at radius 3 is 2.28 bits per heavy atom. The van der Waals surface area contributed by atoms with Crippen LogP contribution >= 0.6 is 0 Å². The third-order valence-corrected chi connectivity index (χ3v) is 7.28. The van der Waals surface area contributed by atoms with E-state index in [2.05, 4.69) is 5.10 Å². The number of aromatic nitrogens is 2. The first-order valence-electron chi connectivity index (χ1n) is 10.1. The van der Waals surface area contributed by atoms with Crippen LogP contribution in [0.5, 0.6) is 0 Å². The number of fused-ring (bicyclic) bond motifs is 1. The standard InChI is InChI=1S/C22H21N3O6S/c1-24-21(27)18-7-3-2-6-17(18)20(23-24)22(28)31-14-19(26)15-8-10-16(11-9-15)32(29,30)25-12-4-5-13-25/h2-3,6-11H,4-5,12-14H2,1H3. The summed E-state index contributed by atoms with van der Waals surface area (Å²) in [6, 6.07) is 12.1. The smallest absolute Gasteiger partial charge is 0.359 e. The highest BCUT2D eigenvalue weighted by Crippen LogP contribution is 2.21. The zero-order chi connectivity index (χ0) is 22.9. The van der Waals surface area contributed by atoms with Crippen LogP contribution in [0.15, 0.2) is 58.2 Å². The molecule has 0 bridgehead atoms. The minimum absolute atomic E-state index is 0.0671. The van der Waals surface area contributed by atoms with E-state index in [4.69, 9.17) is 4.74 Å². The van der Waals surface area contributed by atoms with Crippen LogP contribution in [0, 0.1) is 0 Å². The fourth-order valence-electron chi connectivity index (χ4n) is 3.62. The van der Waals surface area contributed by atoms with E-state index in [-0.39, 0.29) is 21.7 Å². The van der Waals surface area contributed by atoms with E-state index in [1.807, 2.05) is 0 Å². The summed E-state index contributed by atoms with van der Waals surface area (Å²) in [6.07, 6.45) is 1.67. The number of carbonyl (C=O) groups is 2. The molecule has 0 unspecified atom stereocenters. The molecular weight excluding hydrogens is 434 g/mol. The number of ketones is 1. The number of sulfonamides is 1. The maximum Gasteiger partial charge on any atom is 0.359 e. The molecule has 10 heteroatoms. The Morgan fingerprint density at radius 1 is 1.00 bits per heavy atom. The molecule has 0 saturated carbocycles. The summed E-state index contributed by atoms with van der Waals surface area (Å²) in [7, 11) is -2.15. The normalized spacial score (nSPS) is 14.5. The van der Waals surface area contributed by atoms with Crippen LogP contribution in [0.3, 0.4) is 0 Å². The van der Waals surface area contributed by atoms with Gasteiger partial charge >= 0.3 is 5.97 Å². The summed E-state index contributed by atoms with van der Waals surface area (Å²) in [5.41, 5.74) is -0.198. The number of ether oxygens (including phenoxy) is 1. The molecule has 166 valence electrons. The molecule has 1 aliphatic heterocycles. The van der Waals surface area contributed by atoms with Crippen LogP contribution in [-0.2, 0) is 21.8 Å². The molecule has 1 aromatic heterocycles. The van der Waals surface area contributed by atoms with Crippen LogP contribution in [0.4, 0.5) is 0 Å². The molecule has 1 aliphatic rings. The predicted molar refractivity (Wildman–Crippen MR) is 116 cm³/mol. The van der Waals surface area contributed by atoms with Gasteiger partial charge in [0.25, 0.3) is 5.56 Å². The van der Waals surface area contributed by atoms with Gasteiger partial charge in [-0.1, -0.05) is 18.2 Å². The Hall–Kier alpha value is -3.37. The lowest BCUT2D eigenvalue weighted by molar-refractivity contribution is 0.0469. The van der Waals surface area contributed by atoms with Crippen LogP contribution < -0.4 is 5.56 Å². The van der Waals surface area contributed by atoms with Crippen LogP contribution in [0.2, 0.25) is 0 Å². The van der Waals surface area contributed by atoms with Crippen molar-refractivity contribution in [3.05, 3.63) is 70.1 Å². The number of rotatable bonds is 6. The molecule has 2 heterocycles. The average molecular weight is 455 g/mol. The van der Waals surface area contributed by atoms with Gasteiger partial charge in [0.05, 0.1) is 10.3 Å². The Labute approximate surface area is 184 Å². The van der Waals surface area contributed by atoms with Crippen molar-refractivity contribution in [3.8, 4) is 0 Å². The van der Waals surface area contributed by atoms with Gasteiger partial charge < -0.3 is 4.74 Å². The van der Waals surface area contributed by atoms with E-state index >= 15 is 0 Å². The third kappa shape index (κ3) is 4.06. The number of hydrogen-bond donors (Lipinski definition) is 0. The number of carbonyl (C=O) groups excluding carboxylic acids is 2. The van der Waals surface area contributed by atoms with Gasteiger partial charge in [0, 0.05) is 31.1 Å². The molecule has 4 rings (SSSR count). The third-order valence-electron chi connectivity index (χ3n) is 5.36. The largest absolute Gasteiger partial charge is 0.452 e. The number of esters is 1. The zero-order valence-corrected chi connectivity index (χ0v) is 18.2. The van der Waals surface area contributed by atoms with Gasteiger partial charge in [-0.3, -0.25) is 9.59 Å². The van der Waals surface area contributed by atoms with Gasteiger partial charge in [0.15, 0.2) is 18.1 Å². The first-order valence-corrected chi connectivity index (χ1v) is 11.5. The second kappa shape index (κ2) is 8.64. The first kappa shape index (κ1) is 21.8. The lowest BCUT2D eigenvalue weighted by Gasteiger charge is -2.15. The minimum Gasteiger partial charge on any atom is -0.452 e. The summed E-state index contributed by atoms with van der Waals surface area (Å²) in [5.74, 6) is -1.32. The van der Waals surface area contributed by atoms with E-state index in [1.165, 1.54) is 35.6 Å². The summed E-state index contributed by atoms with van der Waals surface area (Å²) < 4.78 is 32.8. The number of hydrogen-bond acceptors (Lipinski definition) is 7. The summed E-state index contributed by atoms with van der Waals surface area (Å²) >= 11 is 0. The molecule has 0 N–H and O–H groups in total. The highest BCUT2D eigenvalue weighted by atomic mass is 32.2. The first-order chi connectivity index (χ1) is 15.3. The molecule has 1 saturated heterocycles. The highest BCUT2D eigenvalue weighted by Gasteiger charge is 2.27. The monoisotopic (exact) mass is 455 g/mol. The van der Waals surface area contributed by atoms with Crippen molar-refractivity contribution in [2.24, 2.45) is 7.05 Å². The predicted octanol–water partition coefficient (Wildman–Crippen LogP) is 1.76. The number of benzene rings is 2. The number of nitrogens with zero attached hydrogens (tertiary/aromatic N) is 3. The van der Waals surface area contributed by atoms with E-state index in [1.54, 1.807) is 24.3 Å². The van der Waals surface area contributed by atoms with E-state index in [0.29, 0.717) is 23.9 Å². The van der Waals surface area contributed by atoms with Gasteiger partial charge in [-0.05, 0) is 43.2 Å². The number of Topliss-reactive ketones (excluding diaryl/α,β-unsaturated/α-hetero) is 1. The number of aryl methyl sites for hydroxylation is 1. The van der Waals surface area contributed by atoms with Gasteiger partial charge in [-0.15, -0.1) is 0 Å². The lowest BCUT2D eigenvalue weighted by Crippen LogP contribution is -2.27. The summed E-state index contributed by atoms with van der Waals surface area (Å²) in [5, 5.41) is 4.63. The molecule has 32 heavy (non-hydrogen) atoms. The molecule has 0 atom stereocenters. The summed E-state index contributed by atoms with van der Waals surface area (Å²) in [6.45, 7) is 0.440. The Balaban J connectivity index is 1.47. The van der Waals surface area contributed by atoms with Gasteiger partial charge in [0.2, 0.25) is 10.0 Å². The average Bonchev–Trinajstić information content (AvgIpc) is 3.36. The quantitative estimate of drug-likeness (QED) is 0.411. The van der Waals surface area contributed by atoms with Crippen LogP contribution in [0.1, 0.15) is 33.7 Å². The van der Waals surface area contributed by atoms with Crippen LogP contribution in [-0.4, -0.2) is 54.0 Å². The van der Waals surface area contributed by atoms with Gasteiger partial charge in [0.1, 0.15) is 0 Å². The molecule has 1 fully saturated rings. The lowest BCUT2D eigenvalue weighted by atomic mass is 10.1. The minimum atomic E-state index is -3.57. The van der Waals surface area contributed by atoms with E-state index in [9.17, 15) is 22.8 Å². The second-order valence-corrected chi connectivity index (χ2v) is 9.40. The van der Waals surface area contributed by atoms with Crippen molar-refractivity contribution >= 4 is 32.5 Å². The Morgan fingerprint density at radius 2 is 1.62 bits per heavy atom. The molecule has 9 nitrogen and oxygen atoms in total. The molecule has 0 aliphatic carbocycles. The summed E-state index contributed by atoms with van der Waals surface area (Å²) in [4.78, 5) is 37.3. The van der Waals surface area contributed by atoms with Crippen molar-refractivity contribution in [1.29, 1.82) is 0 Å². The molecule has 2 aromatic carbocycles. The SMILES string of the molecule is Cn1nc(C(=O)OCC(=O)c2ccc(S(=O)(=O)N3CCCC3)cc2)c2ccccc2c1=O. The fraction of sp³-hybridized carbons (Fsp3) is 0.273. The van der Waals surface area contributed by atoms with Crippen molar-refractivity contribution in [2.45, 2.75) is 17.7 Å². The Kier molecular flexibility index (Phi) is 5.90. The maximum absolute atomic E-state index is 12.6. The Bertz CT molecular complexity index is 1360. The maximum atomic E-state index is 12.6. The van der Waals surface area contributed by atoms with Crippen molar-refractivity contribution in [2.75, 3.05) is 19.7 Å². The van der Waals surface area contributed by atoms with Crippen molar-refractivity contribution < 1.29 is 22.7 Å². The van der Waals surface area contributed by atoms with Gasteiger partial charge in [-0.25, -0.2) is 17.9 Å². The second-order valence-electron chi connectivity index (χ2n) is 7.46. The molecule has 3 aromatic rings. The fourth-order valence-corrected chi connectivity index (χ4v) is 5.14. The molecule has 0 spiro atoms. The van der Waals surface area contributed by atoms with E-state index < -0.39 is 28.4 Å². The molecular formula is C22H21N3O6S.